The number of carbonyl (C=O) groups is 1. The maximum Gasteiger partial charge on any atom is 0.271 e. The Labute approximate surface area is 133 Å². The van der Waals surface area contributed by atoms with Crippen LogP contribution in [0.15, 0.2) is 41.4 Å². The van der Waals surface area contributed by atoms with Crippen LogP contribution in [0.3, 0.4) is 0 Å². The monoisotopic (exact) mass is 338 g/mol. The van der Waals surface area contributed by atoms with Gasteiger partial charge in [-0.15, -0.1) is 0 Å². The second-order valence-electron chi connectivity index (χ2n) is 4.83. The molecule has 0 bridgehead atoms. The molecule has 23 heavy (non-hydrogen) atoms. The molecule has 1 aromatic heterocycles. The van der Waals surface area contributed by atoms with Crippen molar-refractivity contribution in [3.8, 4) is 5.88 Å². The summed E-state index contributed by atoms with van der Waals surface area (Å²) in [6, 6.07) is 7.15. The van der Waals surface area contributed by atoms with Crippen molar-refractivity contribution in [3.63, 3.8) is 0 Å². The van der Waals surface area contributed by atoms with Crippen LogP contribution in [0.2, 0.25) is 0 Å². The smallest absolute Gasteiger partial charge is 0.271 e. The van der Waals surface area contributed by atoms with Crippen molar-refractivity contribution in [2.45, 2.75) is 18.7 Å². The Morgan fingerprint density at radius 3 is 2.65 bits per heavy atom. The molecule has 0 aliphatic heterocycles. The molecular weight excluding hydrogens is 323 g/mol. The molecule has 0 aliphatic carbocycles. The van der Waals surface area contributed by atoms with E-state index in [0.717, 1.165) is 17.8 Å². The van der Waals surface area contributed by atoms with Crippen molar-refractivity contribution in [3.05, 3.63) is 53.5 Å². The average Bonchev–Trinajstić information content (AvgIpc) is 2.49. The van der Waals surface area contributed by atoms with E-state index in [1.807, 2.05) is 4.72 Å². The third kappa shape index (κ3) is 4.26. The number of rotatable bonds is 5. The molecule has 1 aromatic carbocycles. The van der Waals surface area contributed by atoms with Gasteiger partial charge in [0.2, 0.25) is 5.88 Å². The number of hydrogen-bond donors (Lipinski definition) is 1. The van der Waals surface area contributed by atoms with Gasteiger partial charge < -0.3 is 4.74 Å². The van der Waals surface area contributed by atoms with Gasteiger partial charge in [0, 0.05) is 6.07 Å². The van der Waals surface area contributed by atoms with Crippen molar-refractivity contribution in [2.75, 3.05) is 6.61 Å². The van der Waals surface area contributed by atoms with Gasteiger partial charge in [0.1, 0.15) is 5.82 Å². The Morgan fingerprint density at radius 1 is 1.26 bits per heavy atom. The summed E-state index contributed by atoms with van der Waals surface area (Å²) in [4.78, 5) is 15.4. The predicted molar refractivity (Wildman–Crippen MR) is 80.9 cm³/mol. The van der Waals surface area contributed by atoms with E-state index in [0.29, 0.717) is 5.56 Å². The average molecular weight is 338 g/mol. The summed E-state index contributed by atoms with van der Waals surface area (Å²) >= 11 is 0. The summed E-state index contributed by atoms with van der Waals surface area (Å²) < 4.78 is 44.1. The van der Waals surface area contributed by atoms with Crippen LogP contribution in [0, 0.1) is 19.7 Å². The molecule has 0 spiro atoms. The van der Waals surface area contributed by atoms with Gasteiger partial charge in [-0.25, -0.2) is 22.5 Å². The van der Waals surface area contributed by atoms with Crippen LogP contribution < -0.4 is 9.46 Å². The van der Waals surface area contributed by atoms with Gasteiger partial charge in [-0.3, -0.25) is 4.79 Å². The van der Waals surface area contributed by atoms with Gasteiger partial charge in [-0.2, -0.15) is 0 Å². The largest absolute Gasteiger partial charge is 0.468 e. The minimum atomic E-state index is -3.98. The highest BCUT2D eigenvalue weighted by Gasteiger charge is 2.20. The van der Waals surface area contributed by atoms with Gasteiger partial charge in [-0.1, -0.05) is 12.1 Å². The lowest BCUT2D eigenvalue weighted by atomic mass is 10.1. The second-order valence-corrected chi connectivity index (χ2v) is 6.48. The fourth-order valence-electron chi connectivity index (χ4n) is 1.84. The van der Waals surface area contributed by atoms with Gasteiger partial charge in [0.05, 0.1) is 11.1 Å². The molecule has 0 saturated carbocycles. The van der Waals surface area contributed by atoms with Crippen LogP contribution in [-0.2, 0) is 14.8 Å². The molecule has 8 heteroatoms. The summed E-state index contributed by atoms with van der Waals surface area (Å²) in [5, 5.41) is 0. The minimum Gasteiger partial charge on any atom is -0.468 e. The van der Waals surface area contributed by atoms with E-state index in [1.54, 1.807) is 26.0 Å². The number of carbonyl (C=O) groups excluding carboxylic acids is 1. The lowest BCUT2D eigenvalue weighted by Gasteiger charge is -2.11. The third-order valence-electron chi connectivity index (χ3n) is 3.14. The van der Waals surface area contributed by atoms with E-state index in [-0.39, 0.29) is 10.8 Å². The van der Waals surface area contributed by atoms with Crippen LogP contribution in [0.5, 0.6) is 5.88 Å². The summed E-state index contributed by atoms with van der Waals surface area (Å²) in [6.45, 7) is 2.88. The van der Waals surface area contributed by atoms with E-state index in [9.17, 15) is 17.6 Å². The van der Waals surface area contributed by atoms with E-state index in [2.05, 4.69) is 4.98 Å². The van der Waals surface area contributed by atoms with E-state index in [4.69, 9.17) is 4.74 Å². The second kappa shape index (κ2) is 6.74. The first-order chi connectivity index (χ1) is 10.8. The molecule has 1 amide bonds. The number of ether oxygens (including phenoxy) is 1. The van der Waals surface area contributed by atoms with Crippen LogP contribution in [-0.4, -0.2) is 25.9 Å². The highest BCUT2D eigenvalue weighted by atomic mass is 32.2. The summed E-state index contributed by atoms with van der Waals surface area (Å²) in [5.74, 6) is -1.37. The number of pyridine rings is 1. The molecule has 0 fully saturated rings. The lowest BCUT2D eigenvalue weighted by molar-refractivity contribution is -0.121. The minimum absolute atomic E-state index is 0.0192. The Balaban J connectivity index is 2.04. The van der Waals surface area contributed by atoms with Crippen LogP contribution in [0.1, 0.15) is 11.1 Å². The van der Waals surface area contributed by atoms with Crippen LogP contribution in [0.4, 0.5) is 4.39 Å². The van der Waals surface area contributed by atoms with E-state index >= 15 is 0 Å². The number of aromatic nitrogens is 1. The third-order valence-corrected chi connectivity index (χ3v) is 4.66. The zero-order valence-corrected chi connectivity index (χ0v) is 13.4. The van der Waals surface area contributed by atoms with Crippen molar-refractivity contribution >= 4 is 15.9 Å². The molecule has 1 N–H and O–H groups in total. The van der Waals surface area contributed by atoms with Gasteiger partial charge >= 0.3 is 0 Å². The predicted octanol–water partition coefficient (Wildman–Crippen LogP) is 1.72. The van der Waals surface area contributed by atoms with Crippen molar-refractivity contribution in [2.24, 2.45) is 0 Å². The molecule has 0 unspecified atom stereocenters. The zero-order chi connectivity index (χ0) is 17.0. The number of aryl methyl sites for hydroxylation is 1. The van der Waals surface area contributed by atoms with Crippen molar-refractivity contribution in [1.82, 2.24) is 9.71 Å². The molecule has 0 atom stereocenters. The highest BCUT2D eigenvalue weighted by molar-refractivity contribution is 7.90. The topological polar surface area (TPSA) is 85.4 Å². The van der Waals surface area contributed by atoms with Crippen LogP contribution in [0.25, 0.3) is 0 Å². The van der Waals surface area contributed by atoms with Crippen molar-refractivity contribution < 1.29 is 22.3 Å². The summed E-state index contributed by atoms with van der Waals surface area (Å²) in [6.07, 6.45) is 0.931. The SMILES string of the molecule is Cc1cccc(S(=O)(=O)NC(=O)COc2ccc(F)cn2)c1C. The highest BCUT2D eigenvalue weighted by Crippen LogP contribution is 2.17. The van der Waals surface area contributed by atoms with E-state index in [1.165, 1.54) is 12.1 Å². The molecular formula is C15H15FN2O4S. The Morgan fingerprint density at radius 2 is 2.00 bits per heavy atom. The number of amides is 1. The standard InChI is InChI=1S/C15H15FN2O4S/c1-10-4-3-5-13(11(10)2)23(20,21)18-14(19)9-22-15-7-6-12(16)8-17-15/h3-8H,9H2,1-2H3,(H,18,19). The molecule has 6 nitrogen and oxygen atoms in total. The molecule has 0 aliphatic rings. The summed E-state index contributed by atoms with van der Waals surface area (Å²) in [7, 11) is -3.98. The Bertz CT molecular complexity index is 820. The fourth-order valence-corrected chi connectivity index (χ4v) is 3.13. The normalized spacial score (nSPS) is 11.1. The quantitative estimate of drug-likeness (QED) is 0.897. The van der Waals surface area contributed by atoms with E-state index < -0.39 is 28.4 Å². The first-order valence-electron chi connectivity index (χ1n) is 6.66. The lowest BCUT2D eigenvalue weighted by Crippen LogP contribution is -2.34. The molecule has 2 rings (SSSR count). The number of hydrogen-bond acceptors (Lipinski definition) is 5. The Hall–Kier alpha value is -2.48. The van der Waals surface area contributed by atoms with Gasteiger partial charge in [0.25, 0.3) is 15.9 Å². The number of halogens is 1. The molecule has 0 saturated heterocycles. The van der Waals surface area contributed by atoms with Crippen LogP contribution >= 0.6 is 0 Å². The zero-order valence-electron chi connectivity index (χ0n) is 12.5. The first-order valence-corrected chi connectivity index (χ1v) is 8.14. The maximum absolute atomic E-state index is 12.7. The molecule has 0 radical (unpaired) electrons. The fraction of sp³-hybridized carbons (Fsp3) is 0.200. The molecule has 1 heterocycles. The number of sulfonamides is 1. The number of benzene rings is 1. The number of nitrogens with one attached hydrogen (secondary N) is 1. The first kappa shape index (κ1) is 16.9. The van der Waals surface area contributed by atoms with Gasteiger partial charge in [-0.05, 0) is 37.1 Å². The van der Waals surface area contributed by atoms with Gasteiger partial charge in [0.15, 0.2) is 6.61 Å². The number of nitrogens with zero attached hydrogens (tertiary/aromatic N) is 1. The Kier molecular flexibility index (Phi) is 4.95. The molecule has 2 aromatic rings. The molecule has 122 valence electrons. The summed E-state index contributed by atoms with van der Waals surface area (Å²) in [5.41, 5.74) is 1.36. The van der Waals surface area contributed by atoms with Crippen molar-refractivity contribution in [1.29, 1.82) is 0 Å². The maximum atomic E-state index is 12.7.